The summed E-state index contributed by atoms with van der Waals surface area (Å²) in [6, 6.07) is 15.9. The maximum absolute atomic E-state index is 12.6. The minimum atomic E-state index is -0.627. The highest BCUT2D eigenvalue weighted by atomic mass is 35.5. The van der Waals surface area contributed by atoms with E-state index in [4.69, 9.17) is 11.6 Å². The standard InChI is InChI=1S/C17H11ClN2O/c18-14-6-3-5-13(10-14)17(21)20-9-8-12-4-1-2-7-15(12)16(20)11-19/h1-10,16H. The minimum absolute atomic E-state index is 0.241. The van der Waals surface area contributed by atoms with Crippen molar-refractivity contribution in [2.24, 2.45) is 0 Å². The molecule has 0 aromatic heterocycles. The van der Waals surface area contributed by atoms with E-state index in [1.165, 1.54) is 4.90 Å². The van der Waals surface area contributed by atoms with Gasteiger partial charge in [0.2, 0.25) is 0 Å². The first-order valence-corrected chi connectivity index (χ1v) is 6.83. The molecule has 0 radical (unpaired) electrons. The number of carbonyl (C=O) groups is 1. The van der Waals surface area contributed by atoms with E-state index in [0.29, 0.717) is 10.6 Å². The molecule has 0 saturated carbocycles. The van der Waals surface area contributed by atoms with E-state index < -0.39 is 6.04 Å². The van der Waals surface area contributed by atoms with E-state index in [-0.39, 0.29) is 5.91 Å². The summed E-state index contributed by atoms with van der Waals surface area (Å²) in [6.07, 6.45) is 3.49. The Kier molecular flexibility index (Phi) is 3.47. The third-order valence-corrected chi connectivity index (χ3v) is 3.65. The van der Waals surface area contributed by atoms with Gasteiger partial charge in [0.05, 0.1) is 6.07 Å². The van der Waals surface area contributed by atoms with E-state index in [9.17, 15) is 10.1 Å². The maximum Gasteiger partial charge on any atom is 0.259 e. The van der Waals surface area contributed by atoms with Gasteiger partial charge in [0, 0.05) is 16.8 Å². The van der Waals surface area contributed by atoms with Gasteiger partial charge in [-0.1, -0.05) is 41.9 Å². The molecule has 0 fully saturated rings. The number of hydrogen-bond acceptors (Lipinski definition) is 2. The van der Waals surface area contributed by atoms with Gasteiger partial charge in [0.15, 0.2) is 0 Å². The van der Waals surface area contributed by atoms with Crippen LogP contribution in [-0.4, -0.2) is 10.8 Å². The Morgan fingerprint density at radius 2 is 2.00 bits per heavy atom. The van der Waals surface area contributed by atoms with Crippen molar-refractivity contribution in [1.82, 2.24) is 4.90 Å². The lowest BCUT2D eigenvalue weighted by molar-refractivity contribution is 0.0794. The first-order chi connectivity index (χ1) is 10.2. The van der Waals surface area contributed by atoms with E-state index in [1.807, 2.05) is 30.3 Å². The van der Waals surface area contributed by atoms with Gasteiger partial charge in [0.1, 0.15) is 6.04 Å². The zero-order valence-corrected chi connectivity index (χ0v) is 11.8. The second-order valence-electron chi connectivity index (χ2n) is 4.70. The van der Waals surface area contributed by atoms with Crippen molar-refractivity contribution < 1.29 is 4.79 Å². The van der Waals surface area contributed by atoms with Crippen molar-refractivity contribution in [3.63, 3.8) is 0 Å². The van der Waals surface area contributed by atoms with Crippen LogP contribution in [0.4, 0.5) is 0 Å². The quantitative estimate of drug-likeness (QED) is 0.797. The summed E-state index contributed by atoms with van der Waals surface area (Å²) in [5.41, 5.74) is 2.25. The van der Waals surface area contributed by atoms with E-state index in [2.05, 4.69) is 6.07 Å². The Balaban J connectivity index is 2.01. The molecule has 102 valence electrons. The molecule has 1 atom stereocenters. The number of hydrogen-bond donors (Lipinski definition) is 0. The molecule has 1 heterocycles. The van der Waals surface area contributed by atoms with Gasteiger partial charge in [-0.05, 0) is 35.4 Å². The van der Waals surface area contributed by atoms with Crippen LogP contribution in [0, 0.1) is 11.3 Å². The Bertz CT molecular complexity index is 776. The maximum atomic E-state index is 12.6. The van der Waals surface area contributed by atoms with Crippen molar-refractivity contribution in [3.05, 3.63) is 76.4 Å². The van der Waals surface area contributed by atoms with Gasteiger partial charge in [-0.3, -0.25) is 9.69 Å². The summed E-state index contributed by atoms with van der Waals surface area (Å²) in [7, 11) is 0. The van der Waals surface area contributed by atoms with Crippen LogP contribution in [-0.2, 0) is 0 Å². The van der Waals surface area contributed by atoms with Crippen LogP contribution in [0.2, 0.25) is 5.02 Å². The number of carbonyl (C=O) groups excluding carboxylic acids is 1. The predicted molar refractivity (Wildman–Crippen MR) is 81.5 cm³/mol. The molecule has 0 aliphatic carbocycles. The van der Waals surface area contributed by atoms with Crippen LogP contribution < -0.4 is 0 Å². The number of amides is 1. The van der Waals surface area contributed by atoms with Crippen LogP contribution in [0.1, 0.15) is 27.5 Å². The van der Waals surface area contributed by atoms with Crippen molar-refractivity contribution in [1.29, 1.82) is 5.26 Å². The highest BCUT2D eigenvalue weighted by Gasteiger charge is 2.28. The summed E-state index contributed by atoms with van der Waals surface area (Å²) in [5.74, 6) is -0.241. The Morgan fingerprint density at radius 1 is 1.19 bits per heavy atom. The molecule has 1 aliphatic rings. The largest absolute Gasteiger partial charge is 0.294 e. The summed E-state index contributed by atoms with van der Waals surface area (Å²) in [5, 5.41) is 9.95. The lowest BCUT2D eigenvalue weighted by Gasteiger charge is -2.28. The fourth-order valence-electron chi connectivity index (χ4n) is 2.40. The van der Waals surface area contributed by atoms with Crippen LogP contribution in [0.3, 0.4) is 0 Å². The molecular formula is C17H11ClN2O. The van der Waals surface area contributed by atoms with Crippen LogP contribution in [0.25, 0.3) is 6.08 Å². The molecule has 1 aliphatic heterocycles. The molecule has 3 nitrogen and oxygen atoms in total. The molecule has 21 heavy (non-hydrogen) atoms. The minimum Gasteiger partial charge on any atom is -0.294 e. The second kappa shape index (κ2) is 5.43. The molecule has 0 saturated heterocycles. The SMILES string of the molecule is N#CC1c2ccccc2C=CN1C(=O)c1cccc(Cl)c1. The zero-order chi connectivity index (χ0) is 14.8. The molecule has 3 rings (SSSR count). The van der Waals surface area contributed by atoms with Gasteiger partial charge in [-0.15, -0.1) is 0 Å². The zero-order valence-electron chi connectivity index (χ0n) is 11.0. The van der Waals surface area contributed by atoms with Crippen molar-refractivity contribution in [2.75, 3.05) is 0 Å². The first kappa shape index (κ1) is 13.4. The lowest BCUT2D eigenvalue weighted by atomic mass is 9.96. The molecule has 1 unspecified atom stereocenters. The molecule has 2 aromatic carbocycles. The van der Waals surface area contributed by atoms with Crippen LogP contribution in [0.5, 0.6) is 0 Å². The molecular weight excluding hydrogens is 284 g/mol. The molecule has 1 amide bonds. The van der Waals surface area contributed by atoms with E-state index in [1.54, 1.807) is 30.5 Å². The summed E-state index contributed by atoms with van der Waals surface area (Å²) >= 11 is 5.93. The third-order valence-electron chi connectivity index (χ3n) is 3.41. The van der Waals surface area contributed by atoms with Gasteiger partial charge in [-0.25, -0.2) is 0 Å². The molecule has 0 spiro atoms. The summed E-state index contributed by atoms with van der Waals surface area (Å²) in [4.78, 5) is 14.0. The number of halogens is 1. The average molecular weight is 295 g/mol. The third kappa shape index (κ3) is 2.42. The Morgan fingerprint density at radius 3 is 2.76 bits per heavy atom. The summed E-state index contributed by atoms with van der Waals surface area (Å²) < 4.78 is 0. The van der Waals surface area contributed by atoms with Crippen molar-refractivity contribution >= 4 is 23.6 Å². The molecule has 0 bridgehead atoms. The average Bonchev–Trinajstić information content (AvgIpc) is 2.53. The molecule has 4 heteroatoms. The molecule has 2 aromatic rings. The number of rotatable bonds is 1. The van der Waals surface area contributed by atoms with Crippen molar-refractivity contribution in [2.45, 2.75) is 6.04 Å². The summed E-state index contributed by atoms with van der Waals surface area (Å²) in [6.45, 7) is 0. The smallest absolute Gasteiger partial charge is 0.259 e. The van der Waals surface area contributed by atoms with Crippen LogP contribution >= 0.6 is 11.6 Å². The van der Waals surface area contributed by atoms with E-state index in [0.717, 1.165) is 11.1 Å². The predicted octanol–water partition coefficient (Wildman–Crippen LogP) is 4.03. The number of benzene rings is 2. The molecule has 0 N–H and O–H groups in total. The second-order valence-corrected chi connectivity index (χ2v) is 5.14. The highest BCUT2D eigenvalue weighted by Crippen LogP contribution is 2.31. The first-order valence-electron chi connectivity index (χ1n) is 6.45. The van der Waals surface area contributed by atoms with E-state index >= 15 is 0 Å². The number of nitrogens with zero attached hydrogens (tertiary/aromatic N) is 2. The number of nitriles is 1. The van der Waals surface area contributed by atoms with Gasteiger partial charge in [0.25, 0.3) is 5.91 Å². The van der Waals surface area contributed by atoms with Gasteiger partial charge in [-0.2, -0.15) is 5.26 Å². The monoisotopic (exact) mass is 294 g/mol. The Hall–Kier alpha value is -2.57. The fraction of sp³-hybridized carbons (Fsp3) is 0.0588. The fourth-order valence-corrected chi connectivity index (χ4v) is 2.59. The van der Waals surface area contributed by atoms with Gasteiger partial charge < -0.3 is 0 Å². The lowest BCUT2D eigenvalue weighted by Crippen LogP contribution is -2.31. The topological polar surface area (TPSA) is 44.1 Å². The highest BCUT2D eigenvalue weighted by molar-refractivity contribution is 6.31. The normalized spacial score (nSPS) is 16.2. The van der Waals surface area contributed by atoms with Gasteiger partial charge >= 0.3 is 0 Å². The Labute approximate surface area is 127 Å². The van der Waals surface area contributed by atoms with Crippen LogP contribution in [0.15, 0.2) is 54.7 Å². The van der Waals surface area contributed by atoms with Crippen molar-refractivity contribution in [3.8, 4) is 6.07 Å². The number of fused-ring (bicyclic) bond motifs is 1.